The first-order chi connectivity index (χ1) is 9.29. The SMILES string of the molecule is C=CC1CCN(c2ccnc3c(C)cccc23)CC1. The third-order valence-electron chi connectivity index (χ3n) is 4.16. The van der Waals surface area contributed by atoms with Crippen molar-refractivity contribution in [1.29, 1.82) is 0 Å². The molecule has 3 rings (SSSR count). The molecule has 2 nitrogen and oxygen atoms in total. The zero-order valence-electron chi connectivity index (χ0n) is 11.5. The lowest BCUT2D eigenvalue weighted by atomic mass is 9.96. The molecule has 0 amide bonds. The molecule has 2 heterocycles. The van der Waals surface area contributed by atoms with E-state index in [-0.39, 0.29) is 0 Å². The van der Waals surface area contributed by atoms with Crippen LogP contribution >= 0.6 is 0 Å². The van der Waals surface area contributed by atoms with Crippen molar-refractivity contribution >= 4 is 16.6 Å². The first-order valence-electron chi connectivity index (χ1n) is 7.01. The Morgan fingerprint density at radius 2 is 2.05 bits per heavy atom. The number of piperidine rings is 1. The molecule has 1 fully saturated rings. The molecule has 2 heteroatoms. The molecule has 0 spiro atoms. The van der Waals surface area contributed by atoms with Crippen molar-refractivity contribution in [2.45, 2.75) is 19.8 Å². The summed E-state index contributed by atoms with van der Waals surface area (Å²) in [6.07, 6.45) is 6.45. The lowest BCUT2D eigenvalue weighted by Gasteiger charge is -2.33. The fourth-order valence-electron chi connectivity index (χ4n) is 2.96. The molecular formula is C17H20N2. The average Bonchev–Trinajstić information content (AvgIpc) is 2.47. The first-order valence-corrected chi connectivity index (χ1v) is 7.01. The minimum absolute atomic E-state index is 0.686. The fourth-order valence-corrected chi connectivity index (χ4v) is 2.96. The molecule has 0 N–H and O–H groups in total. The number of benzene rings is 1. The van der Waals surface area contributed by atoms with Gasteiger partial charge in [0.15, 0.2) is 0 Å². The van der Waals surface area contributed by atoms with Crippen molar-refractivity contribution in [3.8, 4) is 0 Å². The van der Waals surface area contributed by atoms with E-state index in [1.54, 1.807) is 0 Å². The average molecular weight is 252 g/mol. The number of para-hydroxylation sites is 1. The van der Waals surface area contributed by atoms with Crippen LogP contribution in [-0.2, 0) is 0 Å². The molecule has 1 aromatic carbocycles. The molecule has 0 unspecified atom stereocenters. The minimum Gasteiger partial charge on any atom is -0.371 e. The van der Waals surface area contributed by atoms with Gasteiger partial charge in [-0.1, -0.05) is 24.3 Å². The number of allylic oxidation sites excluding steroid dienone is 1. The van der Waals surface area contributed by atoms with E-state index in [9.17, 15) is 0 Å². The molecule has 0 aliphatic carbocycles. The van der Waals surface area contributed by atoms with E-state index < -0.39 is 0 Å². The molecule has 0 saturated carbocycles. The number of hydrogen-bond acceptors (Lipinski definition) is 2. The number of pyridine rings is 1. The van der Waals surface area contributed by atoms with Crippen LogP contribution in [0, 0.1) is 12.8 Å². The summed E-state index contributed by atoms with van der Waals surface area (Å²) in [6.45, 7) is 8.27. The second-order valence-electron chi connectivity index (χ2n) is 5.36. The smallest absolute Gasteiger partial charge is 0.0751 e. The van der Waals surface area contributed by atoms with Gasteiger partial charge in [0.05, 0.1) is 5.52 Å². The third-order valence-corrected chi connectivity index (χ3v) is 4.16. The summed E-state index contributed by atoms with van der Waals surface area (Å²) in [5, 5.41) is 1.28. The summed E-state index contributed by atoms with van der Waals surface area (Å²) in [5.74, 6) is 0.686. The van der Waals surface area contributed by atoms with Crippen LogP contribution in [0.5, 0.6) is 0 Å². The van der Waals surface area contributed by atoms with Gasteiger partial charge < -0.3 is 4.90 Å². The Kier molecular flexibility index (Phi) is 3.24. The number of fused-ring (bicyclic) bond motifs is 1. The van der Waals surface area contributed by atoms with Crippen molar-refractivity contribution in [1.82, 2.24) is 4.98 Å². The molecule has 2 aromatic rings. The van der Waals surface area contributed by atoms with Gasteiger partial charge in [-0.15, -0.1) is 6.58 Å². The first kappa shape index (κ1) is 12.2. The van der Waals surface area contributed by atoms with Gasteiger partial charge >= 0.3 is 0 Å². The second kappa shape index (κ2) is 5.04. The van der Waals surface area contributed by atoms with Gasteiger partial charge in [0, 0.05) is 30.4 Å². The Morgan fingerprint density at radius 1 is 1.26 bits per heavy atom. The number of nitrogens with zero attached hydrogens (tertiary/aromatic N) is 2. The lowest BCUT2D eigenvalue weighted by molar-refractivity contribution is 0.480. The summed E-state index contributed by atoms with van der Waals surface area (Å²) >= 11 is 0. The topological polar surface area (TPSA) is 16.1 Å². The highest BCUT2D eigenvalue weighted by atomic mass is 15.1. The molecule has 0 bridgehead atoms. The van der Waals surface area contributed by atoms with Gasteiger partial charge in [0.1, 0.15) is 0 Å². The van der Waals surface area contributed by atoms with Crippen LogP contribution in [0.25, 0.3) is 10.9 Å². The van der Waals surface area contributed by atoms with Crippen LogP contribution in [0.1, 0.15) is 18.4 Å². The number of aromatic nitrogens is 1. The predicted molar refractivity (Wildman–Crippen MR) is 81.6 cm³/mol. The van der Waals surface area contributed by atoms with Crippen molar-refractivity contribution in [3.05, 3.63) is 48.7 Å². The Balaban J connectivity index is 1.97. The zero-order chi connectivity index (χ0) is 13.2. The van der Waals surface area contributed by atoms with Gasteiger partial charge in [-0.3, -0.25) is 4.98 Å². The predicted octanol–water partition coefficient (Wildman–Crippen LogP) is 3.95. The Hall–Kier alpha value is -1.83. The van der Waals surface area contributed by atoms with E-state index in [4.69, 9.17) is 0 Å². The maximum Gasteiger partial charge on any atom is 0.0751 e. The molecular weight excluding hydrogens is 232 g/mol. The van der Waals surface area contributed by atoms with Gasteiger partial charge in [-0.05, 0) is 37.3 Å². The van der Waals surface area contributed by atoms with Crippen molar-refractivity contribution in [2.75, 3.05) is 18.0 Å². The quantitative estimate of drug-likeness (QED) is 0.752. The highest BCUT2D eigenvalue weighted by Gasteiger charge is 2.18. The van der Waals surface area contributed by atoms with Gasteiger partial charge in [0.25, 0.3) is 0 Å². The van der Waals surface area contributed by atoms with Crippen LogP contribution in [0.4, 0.5) is 5.69 Å². The second-order valence-corrected chi connectivity index (χ2v) is 5.36. The van der Waals surface area contributed by atoms with E-state index >= 15 is 0 Å². The summed E-state index contributed by atoms with van der Waals surface area (Å²) in [5.41, 5.74) is 3.71. The largest absolute Gasteiger partial charge is 0.371 e. The molecule has 98 valence electrons. The number of rotatable bonds is 2. The van der Waals surface area contributed by atoms with E-state index in [0.29, 0.717) is 5.92 Å². The van der Waals surface area contributed by atoms with Crippen molar-refractivity contribution in [3.63, 3.8) is 0 Å². The molecule has 1 aliphatic heterocycles. The summed E-state index contributed by atoms with van der Waals surface area (Å²) in [4.78, 5) is 7.01. The minimum atomic E-state index is 0.686. The lowest BCUT2D eigenvalue weighted by Crippen LogP contribution is -2.33. The van der Waals surface area contributed by atoms with Crippen LogP contribution < -0.4 is 4.90 Å². The Labute approximate surface area is 114 Å². The van der Waals surface area contributed by atoms with Crippen LogP contribution in [-0.4, -0.2) is 18.1 Å². The molecule has 0 radical (unpaired) electrons. The molecule has 1 aromatic heterocycles. The van der Waals surface area contributed by atoms with E-state index in [2.05, 4.69) is 53.7 Å². The normalized spacial score (nSPS) is 16.8. The van der Waals surface area contributed by atoms with E-state index in [0.717, 1.165) is 18.6 Å². The maximum atomic E-state index is 4.52. The third kappa shape index (κ3) is 2.23. The van der Waals surface area contributed by atoms with Gasteiger partial charge in [-0.2, -0.15) is 0 Å². The standard InChI is InChI=1S/C17H20N2/c1-3-14-8-11-19(12-9-14)16-7-10-18-17-13(2)5-4-6-15(16)17/h3-7,10,14H,1,8-9,11-12H2,2H3. The number of anilines is 1. The van der Waals surface area contributed by atoms with Crippen LogP contribution in [0.2, 0.25) is 0 Å². The zero-order valence-corrected chi connectivity index (χ0v) is 11.5. The molecule has 1 saturated heterocycles. The number of aryl methyl sites for hydroxylation is 1. The highest BCUT2D eigenvalue weighted by molar-refractivity contribution is 5.93. The van der Waals surface area contributed by atoms with E-state index in [1.165, 1.54) is 29.5 Å². The summed E-state index contributed by atoms with van der Waals surface area (Å²) in [7, 11) is 0. The summed E-state index contributed by atoms with van der Waals surface area (Å²) < 4.78 is 0. The van der Waals surface area contributed by atoms with Crippen molar-refractivity contribution < 1.29 is 0 Å². The Bertz CT molecular complexity index is 595. The van der Waals surface area contributed by atoms with Crippen molar-refractivity contribution in [2.24, 2.45) is 5.92 Å². The maximum absolute atomic E-state index is 4.52. The Morgan fingerprint density at radius 3 is 2.79 bits per heavy atom. The fraction of sp³-hybridized carbons (Fsp3) is 0.353. The monoisotopic (exact) mass is 252 g/mol. The molecule has 0 atom stereocenters. The van der Waals surface area contributed by atoms with Gasteiger partial charge in [-0.25, -0.2) is 0 Å². The van der Waals surface area contributed by atoms with Crippen LogP contribution in [0.3, 0.4) is 0 Å². The van der Waals surface area contributed by atoms with Gasteiger partial charge in [0.2, 0.25) is 0 Å². The van der Waals surface area contributed by atoms with E-state index in [1.807, 2.05) is 6.20 Å². The molecule has 1 aliphatic rings. The summed E-state index contributed by atoms with van der Waals surface area (Å²) in [6, 6.07) is 8.59. The molecule has 19 heavy (non-hydrogen) atoms. The van der Waals surface area contributed by atoms with Crippen LogP contribution in [0.15, 0.2) is 43.1 Å². The number of hydrogen-bond donors (Lipinski definition) is 0. The highest BCUT2D eigenvalue weighted by Crippen LogP contribution is 2.30.